The molecule has 3 N–H and O–H groups in total. The first-order chi connectivity index (χ1) is 11.6. The van der Waals surface area contributed by atoms with E-state index in [0.717, 1.165) is 5.56 Å². The van der Waals surface area contributed by atoms with Gasteiger partial charge in [-0.05, 0) is 29.8 Å². The zero-order valence-corrected chi connectivity index (χ0v) is 13.7. The first-order valence-electron chi connectivity index (χ1n) is 7.76. The molecule has 0 aromatic heterocycles. The van der Waals surface area contributed by atoms with Gasteiger partial charge >= 0.3 is 6.03 Å². The predicted octanol–water partition coefficient (Wildman–Crippen LogP) is 3.13. The number of hydrogen-bond donors (Lipinski definition) is 3. The maximum atomic E-state index is 12.3. The molecule has 3 rings (SSSR count). The molecule has 6 heteroatoms. The highest BCUT2D eigenvalue weighted by atomic mass is 35.5. The van der Waals surface area contributed by atoms with Gasteiger partial charge in [0.25, 0.3) is 0 Å². The molecule has 2 aromatic rings. The number of halogens is 1. The molecule has 0 bridgehead atoms. The fourth-order valence-electron chi connectivity index (χ4n) is 2.85. The molecule has 0 radical (unpaired) electrons. The van der Waals surface area contributed by atoms with Crippen molar-refractivity contribution in [2.75, 3.05) is 11.9 Å². The third-order valence-corrected chi connectivity index (χ3v) is 4.31. The number of amides is 3. The highest BCUT2D eigenvalue weighted by Crippen LogP contribution is 2.26. The number of carbonyl (C=O) groups is 2. The zero-order chi connectivity index (χ0) is 16.9. The van der Waals surface area contributed by atoms with E-state index in [1.807, 2.05) is 30.3 Å². The lowest BCUT2D eigenvalue weighted by Crippen LogP contribution is -2.52. The molecule has 0 aliphatic carbocycles. The van der Waals surface area contributed by atoms with Crippen LogP contribution in [-0.4, -0.2) is 24.5 Å². The Hall–Kier alpha value is -2.53. The van der Waals surface area contributed by atoms with Crippen molar-refractivity contribution in [2.24, 2.45) is 0 Å². The Balaban J connectivity index is 1.68. The number of benzene rings is 2. The van der Waals surface area contributed by atoms with Gasteiger partial charge in [-0.25, -0.2) is 4.79 Å². The van der Waals surface area contributed by atoms with Gasteiger partial charge < -0.3 is 16.0 Å². The topological polar surface area (TPSA) is 70.2 Å². The summed E-state index contributed by atoms with van der Waals surface area (Å²) in [5, 5.41) is 9.15. The Morgan fingerprint density at radius 1 is 1.08 bits per heavy atom. The van der Waals surface area contributed by atoms with E-state index < -0.39 is 0 Å². The van der Waals surface area contributed by atoms with E-state index in [0.29, 0.717) is 23.7 Å². The summed E-state index contributed by atoms with van der Waals surface area (Å²) in [5.74, 6) is -0.0454. The second kappa shape index (κ2) is 7.36. The number of urea groups is 1. The maximum Gasteiger partial charge on any atom is 0.319 e. The molecule has 2 atom stereocenters. The highest BCUT2D eigenvalue weighted by molar-refractivity contribution is 6.30. The van der Waals surface area contributed by atoms with Crippen molar-refractivity contribution >= 4 is 29.2 Å². The summed E-state index contributed by atoms with van der Waals surface area (Å²) in [6.45, 7) is 0.409. The summed E-state index contributed by atoms with van der Waals surface area (Å²) < 4.78 is 0. The van der Waals surface area contributed by atoms with Crippen LogP contribution in [0.4, 0.5) is 10.5 Å². The van der Waals surface area contributed by atoms with Crippen molar-refractivity contribution in [3.8, 4) is 0 Å². The van der Waals surface area contributed by atoms with Crippen LogP contribution in [-0.2, 0) is 4.79 Å². The molecule has 124 valence electrons. The lowest BCUT2D eigenvalue weighted by atomic mass is 9.86. The van der Waals surface area contributed by atoms with Gasteiger partial charge in [-0.2, -0.15) is 0 Å². The van der Waals surface area contributed by atoms with Gasteiger partial charge in [0.1, 0.15) is 0 Å². The molecule has 0 saturated carbocycles. The Labute approximate surface area is 145 Å². The lowest BCUT2D eigenvalue weighted by Gasteiger charge is -2.32. The average Bonchev–Trinajstić information content (AvgIpc) is 2.59. The van der Waals surface area contributed by atoms with Crippen LogP contribution in [0.25, 0.3) is 0 Å². The van der Waals surface area contributed by atoms with Gasteiger partial charge in [-0.15, -0.1) is 0 Å². The molecule has 1 heterocycles. The number of nitrogens with one attached hydrogen (secondary N) is 3. The molecule has 1 saturated heterocycles. The second-order valence-electron chi connectivity index (χ2n) is 5.74. The van der Waals surface area contributed by atoms with Crippen molar-refractivity contribution in [1.29, 1.82) is 0 Å². The third kappa shape index (κ3) is 4.06. The van der Waals surface area contributed by atoms with E-state index >= 15 is 0 Å². The minimum absolute atomic E-state index is 0.0000115. The van der Waals surface area contributed by atoms with Gasteiger partial charge in [0, 0.05) is 29.6 Å². The van der Waals surface area contributed by atoms with E-state index in [4.69, 9.17) is 11.6 Å². The van der Waals surface area contributed by atoms with Gasteiger partial charge in [0.15, 0.2) is 0 Å². The molecular formula is C18H18ClN3O2. The summed E-state index contributed by atoms with van der Waals surface area (Å²) in [6.07, 6.45) is 0.357. The maximum absolute atomic E-state index is 12.3. The van der Waals surface area contributed by atoms with Crippen LogP contribution in [0.3, 0.4) is 0 Å². The van der Waals surface area contributed by atoms with Crippen molar-refractivity contribution in [3.63, 3.8) is 0 Å². The lowest BCUT2D eigenvalue weighted by molar-refractivity contribution is -0.123. The van der Waals surface area contributed by atoms with Crippen molar-refractivity contribution in [1.82, 2.24) is 10.6 Å². The molecule has 5 nitrogen and oxygen atoms in total. The number of anilines is 1. The SMILES string of the molecule is O=C1CC(c2ccccc2)C(NC(=O)Nc2ccc(Cl)cc2)CN1. The van der Waals surface area contributed by atoms with E-state index in [1.165, 1.54) is 0 Å². The summed E-state index contributed by atoms with van der Waals surface area (Å²) in [4.78, 5) is 24.0. The summed E-state index contributed by atoms with van der Waals surface area (Å²) >= 11 is 5.84. The van der Waals surface area contributed by atoms with Crippen LogP contribution in [0.2, 0.25) is 5.02 Å². The highest BCUT2D eigenvalue weighted by Gasteiger charge is 2.31. The fourth-order valence-corrected chi connectivity index (χ4v) is 2.98. The van der Waals surface area contributed by atoms with Gasteiger partial charge in [-0.1, -0.05) is 41.9 Å². The average molecular weight is 344 g/mol. The predicted molar refractivity (Wildman–Crippen MR) is 94.2 cm³/mol. The molecular weight excluding hydrogens is 326 g/mol. The Kier molecular flexibility index (Phi) is 5.01. The normalized spacial score (nSPS) is 20.1. The van der Waals surface area contributed by atoms with Crippen LogP contribution >= 0.6 is 11.6 Å². The van der Waals surface area contributed by atoms with Crippen molar-refractivity contribution in [3.05, 3.63) is 65.2 Å². The quantitative estimate of drug-likeness (QED) is 0.801. The molecule has 3 amide bonds. The Bertz CT molecular complexity index is 719. The van der Waals surface area contributed by atoms with Crippen LogP contribution in [0.15, 0.2) is 54.6 Å². The first-order valence-corrected chi connectivity index (χ1v) is 8.14. The fraction of sp³-hybridized carbons (Fsp3) is 0.222. The second-order valence-corrected chi connectivity index (χ2v) is 6.17. The van der Waals surface area contributed by atoms with E-state index in [2.05, 4.69) is 16.0 Å². The number of rotatable bonds is 3. The number of piperidine rings is 1. The minimum Gasteiger partial charge on any atom is -0.354 e. The molecule has 0 spiro atoms. The summed E-state index contributed by atoms with van der Waals surface area (Å²) in [6, 6.07) is 16.2. The first kappa shape index (κ1) is 16.3. The van der Waals surface area contributed by atoms with Gasteiger partial charge in [0.05, 0.1) is 6.04 Å². The number of carbonyl (C=O) groups excluding carboxylic acids is 2. The van der Waals surface area contributed by atoms with Gasteiger partial charge in [0.2, 0.25) is 5.91 Å². The molecule has 1 fully saturated rings. The van der Waals surface area contributed by atoms with Gasteiger partial charge in [-0.3, -0.25) is 4.79 Å². The van der Waals surface area contributed by atoms with Crippen LogP contribution in [0.1, 0.15) is 17.9 Å². The smallest absolute Gasteiger partial charge is 0.319 e. The van der Waals surface area contributed by atoms with Crippen LogP contribution in [0, 0.1) is 0 Å². The van der Waals surface area contributed by atoms with E-state index in [-0.39, 0.29) is 23.9 Å². The molecule has 1 aliphatic heterocycles. The standard InChI is InChI=1S/C18H18ClN3O2/c19-13-6-8-14(9-7-13)21-18(24)22-16-11-20-17(23)10-15(16)12-4-2-1-3-5-12/h1-9,15-16H,10-11H2,(H,20,23)(H2,21,22,24). The van der Waals surface area contributed by atoms with E-state index in [1.54, 1.807) is 24.3 Å². The van der Waals surface area contributed by atoms with Crippen molar-refractivity contribution < 1.29 is 9.59 Å². The third-order valence-electron chi connectivity index (χ3n) is 4.06. The zero-order valence-electron chi connectivity index (χ0n) is 13.0. The molecule has 2 unspecified atom stereocenters. The largest absolute Gasteiger partial charge is 0.354 e. The monoisotopic (exact) mass is 343 g/mol. The molecule has 2 aromatic carbocycles. The summed E-state index contributed by atoms with van der Waals surface area (Å²) in [7, 11) is 0. The molecule has 24 heavy (non-hydrogen) atoms. The van der Waals surface area contributed by atoms with Crippen molar-refractivity contribution in [2.45, 2.75) is 18.4 Å². The summed E-state index contributed by atoms with van der Waals surface area (Å²) in [5.41, 5.74) is 1.71. The Morgan fingerprint density at radius 2 is 1.79 bits per heavy atom. The van der Waals surface area contributed by atoms with Crippen LogP contribution < -0.4 is 16.0 Å². The molecule has 1 aliphatic rings. The number of hydrogen-bond acceptors (Lipinski definition) is 2. The van der Waals surface area contributed by atoms with Crippen LogP contribution in [0.5, 0.6) is 0 Å². The van der Waals surface area contributed by atoms with E-state index in [9.17, 15) is 9.59 Å². The minimum atomic E-state index is -0.306. The Morgan fingerprint density at radius 3 is 2.50 bits per heavy atom.